The van der Waals surface area contributed by atoms with Crippen molar-refractivity contribution >= 4 is 23.8 Å². The summed E-state index contributed by atoms with van der Waals surface area (Å²) in [7, 11) is 0. The average Bonchev–Trinajstić information content (AvgIpc) is 2.37. The highest BCUT2D eigenvalue weighted by Crippen LogP contribution is 2.07. The fraction of sp³-hybridized carbons (Fsp3) is 0.714. The summed E-state index contributed by atoms with van der Waals surface area (Å²) in [6.07, 6.45) is -0.819. The van der Waals surface area contributed by atoms with Gasteiger partial charge in [-0.25, -0.2) is 4.79 Å². The number of carbonyl (C=O) groups excluding carboxylic acids is 1. The maximum Gasteiger partial charge on any atom is 0.326 e. The van der Waals surface area contributed by atoms with E-state index in [9.17, 15) is 19.2 Å². The van der Waals surface area contributed by atoms with E-state index in [-0.39, 0.29) is 25.7 Å². The van der Waals surface area contributed by atoms with E-state index in [1.54, 1.807) is 20.8 Å². The molecule has 1 amide bonds. The molecule has 132 valence electrons. The number of carboxylic acids is 3. The Morgan fingerprint density at radius 3 is 1.74 bits per heavy atom. The number of hydrogen-bond donors (Lipinski definition) is 5. The van der Waals surface area contributed by atoms with E-state index in [0.29, 0.717) is 0 Å². The zero-order valence-corrected chi connectivity index (χ0v) is 13.5. The number of hydrogen-bond acceptors (Lipinski definition) is 5. The molecule has 23 heavy (non-hydrogen) atoms. The first-order valence-corrected chi connectivity index (χ1v) is 7.17. The van der Waals surface area contributed by atoms with E-state index < -0.39 is 41.4 Å². The van der Waals surface area contributed by atoms with Crippen LogP contribution < -0.4 is 10.6 Å². The van der Waals surface area contributed by atoms with Gasteiger partial charge in [-0.2, -0.15) is 0 Å². The van der Waals surface area contributed by atoms with E-state index in [1.165, 1.54) is 0 Å². The Kier molecular flexibility index (Phi) is 8.23. The minimum atomic E-state index is -1.33. The number of carbonyl (C=O) groups is 4. The Morgan fingerprint density at radius 1 is 0.870 bits per heavy atom. The first-order valence-electron chi connectivity index (χ1n) is 7.17. The molecule has 0 radical (unpaired) electrons. The van der Waals surface area contributed by atoms with E-state index in [0.717, 1.165) is 0 Å². The summed E-state index contributed by atoms with van der Waals surface area (Å²) in [6.45, 7) is 5.36. The Labute approximate surface area is 134 Å². The first kappa shape index (κ1) is 20.8. The van der Waals surface area contributed by atoms with Crippen molar-refractivity contribution < 1.29 is 34.5 Å². The van der Waals surface area contributed by atoms with Crippen LogP contribution in [-0.2, 0) is 19.2 Å². The molecule has 9 nitrogen and oxygen atoms in total. The Balaban J connectivity index is 4.51. The first-order chi connectivity index (χ1) is 10.4. The molecule has 0 aromatic rings. The molecule has 0 spiro atoms. The van der Waals surface area contributed by atoms with Gasteiger partial charge in [0.2, 0.25) is 5.91 Å². The molecule has 0 aromatic carbocycles. The summed E-state index contributed by atoms with van der Waals surface area (Å²) in [5.74, 6) is -4.23. The van der Waals surface area contributed by atoms with E-state index in [1.807, 2.05) is 0 Å². The molecule has 2 atom stereocenters. The SMILES string of the molecule is CC(C)(C)N[C@@H](CCC(=O)N[C@@H](CCC(=O)O)C(=O)O)C(=O)O. The van der Waals surface area contributed by atoms with Gasteiger partial charge in [-0.05, 0) is 33.6 Å². The maximum atomic E-state index is 11.8. The number of nitrogens with one attached hydrogen (secondary N) is 2. The fourth-order valence-corrected chi connectivity index (χ4v) is 1.85. The van der Waals surface area contributed by atoms with Gasteiger partial charge < -0.3 is 20.6 Å². The molecule has 0 saturated heterocycles. The molecule has 0 heterocycles. The van der Waals surface area contributed by atoms with Gasteiger partial charge >= 0.3 is 17.9 Å². The lowest BCUT2D eigenvalue weighted by molar-refractivity contribution is -0.144. The third-order valence-electron chi connectivity index (χ3n) is 2.85. The zero-order chi connectivity index (χ0) is 18.2. The molecule has 0 aliphatic carbocycles. The number of amides is 1. The minimum absolute atomic E-state index is 0.0102. The van der Waals surface area contributed by atoms with Crippen LogP contribution in [0.3, 0.4) is 0 Å². The van der Waals surface area contributed by atoms with Crippen LogP contribution >= 0.6 is 0 Å². The second kappa shape index (κ2) is 9.09. The predicted molar refractivity (Wildman–Crippen MR) is 80.0 cm³/mol. The van der Waals surface area contributed by atoms with Crippen molar-refractivity contribution in [1.29, 1.82) is 0 Å². The lowest BCUT2D eigenvalue weighted by Gasteiger charge is -2.26. The third-order valence-corrected chi connectivity index (χ3v) is 2.85. The zero-order valence-electron chi connectivity index (χ0n) is 13.5. The van der Waals surface area contributed by atoms with Crippen LogP contribution in [0.1, 0.15) is 46.5 Å². The van der Waals surface area contributed by atoms with Crippen molar-refractivity contribution in [1.82, 2.24) is 10.6 Å². The second-order valence-corrected chi connectivity index (χ2v) is 6.21. The van der Waals surface area contributed by atoms with Crippen LogP contribution in [0, 0.1) is 0 Å². The molecule has 0 aromatic heterocycles. The van der Waals surface area contributed by atoms with Crippen molar-refractivity contribution in [3.05, 3.63) is 0 Å². The predicted octanol–water partition coefficient (Wildman–Crippen LogP) is 0.0421. The van der Waals surface area contributed by atoms with Crippen molar-refractivity contribution in [2.24, 2.45) is 0 Å². The number of carboxylic acid groups (broad SMARTS) is 3. The number of rotatable bonds is 10. The molecule has 0 bridgehead atoms. The monoisotopic (exact) mass is 332 g/mol. The van der Waals surface area contributed by atoms with Gasteiger partial charge in [0.05, 0.1) is 0 Å². The highest BCUT2D eigenvalue weighted by atomic mass is 16.4. The quantitative estimate of drug-likeness (QED) is 0.376. The van der Waals surface area contributed by atoms with Crippen LogP contribution in [0.2, 0.25) is 0 Å². The smallest absolute Gasteiger partial charge is 0.326 e. The van der Waals surface area contributed by atoms with Gasteiger partial charge in [0, 0.05) is 18.4 Å². The Bertz CT molecular complexity index is 457. The molecule has 0 fully saturated rings. The molecule has 9 heteroatoms. The van der Waals surface area contributed by atoms with Crippen LogP contribution in [-0.4, -0.2) is 56.8 Å². The molecule has 0 unspecified atom stereocenters. The van der Waals surface area contributed by atoms with Gasteiger partial charge in [0.1, 0.15) is 12.1 Å². The van der Waals surface area contributed by atoms with Gasteiger partial charge in [0.25, 0.3) is 0 Å². The molecule has 5 N–H and O–H groups in total. The van der Waals surface area contributed by atoms with Gasteiger partial charge in [-0.1, -0.05) is 0 Å². The third kappa shape index (κ3) is 10.2. The summed E-state index contributed by atoms with van der Waals surface area (Å²) >= 11 is 0. The van der Waals surface area contributed by atoms with Crippen LogP contribution in [0.4, 0.5) is 0 Å². The molecule has 0 aliphatic rings. The molecule has 0 rings (SSSR count). The van der Waals surface area contributed by atoms with Gasteiger partial charge in [0.15, 0.2) is 0 Å². The van der Waals surface area contributed by atoms with Gasteiger partial charge in [-0.3, -0.25) is 19.7 Å². The van der Waals surface area contributed by atoms with Crippen molar-refractivity contribution in [2.75, 3.05) is 0 Å². The average molecular weight is 332 g/mol. The summed E-state index contributed by atoms with van der Waals surface area (Å²) < 4.78 is 0. The topological polar surface area (TPSA) is 153 Å². The highest BCUT2D eigenvalue weighted by Gasteiger charge is 2.25. The summed E-state index contributed by atoms with van der Waals surface area (Å²) in [6, 6.07) is -2.25. The standard InChI is InChI=1S/C14H24N2O7/c1-14(2,3)16-9(13(22)23)4-6-10(17)15-8(12(20)21)5-7-11(18)19/h8-9,16H,4-7H2,1-3H3,(H,15,17)(H,18,19)(H,20,21)(H,22,23)/t8-,9-/m0/s1. The number of aliphatic carboxylic acids is 3. The van der Waals surface area contributed by atoms with Crippen LogP contribution in [0.5, 0.6) is 0 Å². The second-order valence-electron chi connectivity index (χ2n) is 6.21. The van der Waals surface area contributed by atoms with Crippen molar-refractivity contribution in [3.63, 3.8) is 0 Å². The van der Waals surface area contributed by atoms with E-state index in [4.69, 9.17) is 15.3 Å². The summed E-state index contributed by atoms with van der Waals surface area (Å²) in [4.78, 5) is 44.3. The van der Waals surface area contributed by atoms with Gasteiger partial charge in [-0.15, -0.1) is 0 Å². The lowest BCUT2D eigenvalue weighted by Crippen LogP contribution is -2.48. The normalized spacial score (nSPS) is 13.9. The van der Waals surface area contributed by atoms with E-state index >= 15 is 0 Å². The molecular weight excluding hydrogens is 308 g/mol. The maximum absolute atomic E-state index is 11.8. The molecular formula is C14H24N2O7. The van der Waals surface area contributed by atoms with Crippen molar-refractivity contribution in [2.45, 2.75) is 64.1 Å². The molecule has 0 aliphatic heterocycles. The fourth-order valence-electron chi connectivity index (χ4n) is 1.85. The summed E-state index contributed by atoms with van der Waals surface area (Å²) in [5, 5.41) is 31.7. The van der Waals surface area contributed by atoms with Crippen LogP contribution in [0.25, 0.3) is 0 Å². The van der Waals surface area contributed by atoms with Crippen LogP contribution in [0.15, 0.2) is 0 Å². The van der Waals surface area contributed by atoms with Crippen molar-refractivity contribution in [3.8, 4) is 0 Å². The summed E-state index contributed by atoms with van der Waals surface area (Å²) in [5.41, 5.74) is -0.454. The Hall–Kier alpha value is -2.16. The minimum Gasteiger partial charge on any atom is -0.481 e. The lowest BCUT2D eigenvalue weighted by atomic mass is 10.0. The molecule has 0 saturated carbocycles. The Morgan fingerprint density at radius 2 is 1.35 bits per heavy atom. The van der Waals surface area contributed by atoms with E-state index in [2.05, 4.69) is 10.6 Å². The highest BCUT2D eigenvalue weighted by molar-refractivity contribution is 5.84. The largest absolute Gasteiger partial charge is 0.481 e.